The van der Waals surface area contributed by atoms with E-state index in [2.05, 4.69) is 31.1 Å². The smallest absolute Gasteiger partial charge is 0.227 e. The SMILES string of the molecule is COc1ccccc1N1CCN(C(=O)[C@H]2CN3CC[C@@H]2C[C@@H]3Cn2cc(-c3cccc(N)c3)nn2)CC1. The van der Waals surface area contributed by atoms with Crippen LogP contribution in [-0.2, 0) is 11.3 Å². The third-order valence-electron chi connectivity index (χ3n) is 8.33. The number of nitrogen functional groups attached to an aromatic ring is 1. The van der Waals surface area contributed by atoms with Crippen LogP contribution in [0, 0.1) is 11.8 Å². The molecule has 4 atom stereocenters. The Kier molecular flexibility index (Phi) is 6.46. The summed E-state index contributed by atoms with van der Waals surface area (Å²) in [4.78, 5) is 20.5. The maximum Gasteiger partial charge on any atom is 0.227 e. The lowest BCUT2D eigenvalue weighted by molar-refractivity contribution is -0.144. The lowest BCUT2D eigenvalue weighted by Crippen LogP contribution is -2.60. The summed E-state index contributed by atoms with van der Waals surface area (Å²) < 4.78 is 7.48. The van der Waals surface area contributed by atoms with Gasteiger partial charge in [0.15, 0.2) is 0 Å². The second-order valence-corrected chi connectivity index (χ2v) is 10.5. The maximum absolute atomic E-state index is 13.6. The number of amides is 1. The fraction of sp³-hybridized carbons (Fsp3) is 0.464. The number of para-hydroxylation sites is 2. The molecule has 2 N–H and O–H groups in total. The molecule has 1 amide bonds. The number of nitrogens with zero attached hydrogens (tertiary/aromatic N) is 6. The molecule has 3 aromatic rings. The van der Waals surface area contributed by atoms with Crippen molar-refractivity contribution >= 4 is 17.3 Å². The molecule has 0 aliphatic carbocycles. The minimum absolute atomic E-state index is 0.0985. The number of piperidine rings is 3. The first-order chi connectivity index (χ1) is 18.1. The van der Waals surface area contributed by atoms with E-state index in [0.717, 1.165) is 87.0 Å². The maximum atomic E-state index is 13.6. The van der Waals surface area contributed by atoms with Crippen molar-refractivity contribution in [1.82, 2.24) is 24.8 Å². The van der Waals surface area contributed by atoms with E-state index in [1.54, 1.807) is 7.11 Å². The van der Waals surface area contributed by atoms with Gasteiger partial charge in [-0.15, -0.1) is 5.10 Å². The molecule has 7 rings (SSSR count). The summed E-state index contributed by atoms with van der Waals surface area (Å²) in [6.45, 7) is 5.87. The first-order valence-electron chi connectivity index (χ1n) is 13.3. The zero-order valence-electron chi connectivity index (χ0n) is 21.4. The van der Waals surface area contributed by atoms with Gasteiger partial charge in [0.05, 0.1) is 31.5 Å². The Morgan fingerprint density at radius 2 is 1.92 bits per heavy atom. The van der Waals surface area contributed by atoms with Crippen LogP contribution in [0.25, 0.3) is 11.3 Å². The molecule has 4 aliphatic rings. The number of ether oxygens (including phenoxy) is 1. The summed E-state index contributed by atoms with van der Waals surface area (Å²) in [5.41, 5.74) is 9.57. The first kappa shape index (κ1) is 23.8. The summed E-state index contributed by atoms with van der Waals surface area (Å²) in [5.74, 6) is 1.75. The van der Waals surface area contributed by atoms with E-state index >= 15 is 0 Å². The van der Waals surface area contributed by atoms with Crippen molar-refractivity contribution in [3.63, 3.8) is 0 Å². The molecule has 9 nitrogen and oxygen atoms in total. The predicted octanol–water partition coefficient (Wildman–Crippen LogP) is 2.60. The normalized spacial score (nSPS) is 25.3. The number of methoxy groups -OCH3 is 1. The number of aromatic nitrogens is 3. The number of benzene rings is 2. The van der Waals surface area contributed by atoms with Crippen molar-refractivity contribution in [2.45, 2.75) is 25.4 Å². The lowest BCUT2D eigenvalue weighted by atomic mass is 9.75. The molecule has 4 fully saturated rings. The number of fused-ring (bicyclic) bond motifs is 3. The highest BCUT2D eigenvalue weighted by Crippen LogP contribution is 2.38. The zero-order chi connectivity index (χ0) is 25.4. The highest BCUT2D eigenvalue weighted by Gasteiger charge is 2.44. The molecule has 0 saturated carbocycles. The summed E-state index contributed by atoms with van der Waals surface area (Å²) in [6, 6.07) is 16.2. The van der Waals surface area contributed by atoms with Gasteiger partial charge in [0, 0.05) is 50.0 Å². The molecule has 0 spiro atoms. The number of nitrogens with two attached hydrogens (primary N) is 1. The summed E-state index contributed by atoms with van der Waals surface area (Å²) in [6.07, 6.45) is 4.13. The molecular weight excluding hydrogens is 466 g/mol. The Balaban J connectivity index is 1.05. The number of anilines is 2. The van der Waals surface area contributed by atoms with E-state index in [1.165, 1.54) is 0 Å². The van der Waals surface area contributed by atoms with Crippen molar-refractivity contribution < 1.29 is 9.53 Å². The molecule has 2 aromatic carbocycles. The molecule has 1 unspecified atom stereocenters. The van der Waals surface area contributed by atoms with Gasteiger partial charge in [-0.2, -0.15) is 0 Å². The van der Waals surface area contributed by atoms with Gasteiger partial charge < -0.3 is 20.3 Å². The monoisotopic (exact) mass is 501 g/mol. The predicted molar refractivity (Wildman–Crippen MR) is 143 cm³/mol. The van der Waals surface area contributed by atoms with Gasteiger partial charge in [-0.25, -0.2) is 0 Å². The standard InChI is InChI=1S/C28H35N7O2/c1-37-27-8-3-2-7-26(27)32-11-13-33(14-12-32)28(36)24-18-34-10-9-20(24)16-23(34)17-35-19-25(30-31-35)21-5-4-6-22(29)15-21/h2-8,15,19-20,23-24H,9-14,16-18,29H2,1H3/t20-,23-,24+/m1/s1. The topological polar surface area (TPSA) is 92.8 Å². The average molecular weight is 502 g/mol. The Morgan fingerprint density at radius 3 is 2.68 bits per heavy atom. The quantitative estimate of drug-likeness (QED) is 0.519. The van der Waals surface area contributed by atoms with Crippen LogP contribution >= 0.6 is 0 Å². The average Bonchev–Trinajstić information content (AvgIpc) is 3.41. The van der Waals surface area contributed by atoms with E-state index in [-0.39, 0.29) is 5.92 Å². The van der Waals surface area contributed by atoms with Crippen molar-refractivity contribution in [3.8, 4) is 17.0 Å². The molecule has 0 radical (unpaired) electrons. The number of carbonyl (C=O) groups excluding carboxylic acids is 1. The molecular formula is C28H35N7O2. The second kappa shape index (κ2) is 10.0. The lowest BCUT2D eigenvalue weighted by Gasteiger charge is -2.50. The van der Waals surface area contributed by atoms with E-state index in [0.29, 0.717) is 17.9 Å². The Morgan fingerprint density at radius 1 is 1.08 bits per heavy atom. The number of hydrogen-bond donors (Lipinski definition) is 1. The van der Waals surface area contributed by atoms with Crippen LogP contribution in [0.1, 0.15) is 12.8 Å². The van der Waals surface area contributed by atoms with Gasteiger partial charge in [0.25, 0.3) is 0 Å². The third kappa shape index (κ3) is 4.75. The van der Waals surface area contributed by atoms with Gasteiger partial charge >= 0.3 is 0 Å². The van der Waals surface area contributed by atoms with Crippen LogP contribution in [-0.4, -0.2) is 83.1 Å². The number of hydrogen-bond acceptors (Lipinski definition) is 7. The van der Waals surface area contributed by atoms with Crippen molar-refractivity contribution in [2.75, 3.05) is 57.0 Å². The fourth-order valence-electron chi connectivity index (χ4n) is 6.33. The van der Waals surface area contributed by atoms with Crippen LogP contribution in [0.4, 0.5) is 11.4 Å². The van der Waals surface area contributed by atoms with Crippen molar-refractivity contribution in [2.24, 2.45) is 11.8 Å². The summed E-state index contributed by atoms with van der Waals surface area (Å²) >= 11 is 0. The zero-order valence-corrected chi connectivity index (χ0v) is 21.4. The van der Waals surface area contributed by atoms with E-state index in [4.69, 9.17) is 10.5 Å². The van der Waals surface area contributed by atoms with Gasteiger partial charge in [-0.05, 0) is 49.6 Å². The molecule has 1 aromatic heterocycles. The molecule has 2 bridgehead atoms. The Bertz CT molecular complexity index is 1250. The third-order valence-corrected chi connectivity index (χ3v) is 8.33. The second-order valence-electron chi connectivity index (χ2n) is 10.5. The number of piperazine rings is 1. The van der Waals surface area contributed by atoms with Gasteiger partial charge in [-0.1, -0.05) is 29.5 Å². The van der Waals surface area contributed by atoms with Crippen LogP contribution in [0.15, 0.2) is 54.7 Å². The van der Waals surface area contributed by atoms with E-state index < -0.39 is 0 Å². The number of carbonyl (C=O) groups is 1. The van der Waals surface area contributed by atoms with Crippen LogP contribution in [0.5, 0.6) is 5.75 Å². The summed E-state index contributed by atoms with van der Waals surface area (Å²) in [7, 11) is 1.71. The molecule has 9 heteroatoms. The van der Waals surface area contributed by atoms with Gasteiger partial charge in [0.2, 0.25) is 5.91 Å². The van der Waals surface area contributed by atoms with Gasteiger partial charge in [0.1, 0.15) is 11.4 Å². The van der Waals surface area contributed by atoms with Crippen molar-refractivity contribution in [1.29, 1.82) is 0 Å². The largest absolute Gasteiger partial charge is 0.495 e. The molecule has 37 heavy (non-hydrogen) atoms. The van der Waals surface area contributed by atoms with E-state index in [1.807, 2.05) is 53.3 Å². The highest BCUT2D eigenvalue weighted by molar-refractivity contribution is 5.80. The molecule has 4 saturated heterocycles. The highest BCUT2D eigenvalue weighted by atomic mass is 16.5. The van der Waals surface area contributed by atoms with E-state index in [9.17, 15) is 4.79 Å². The van der Waals surface area contributed by atoms with Gasteiger partial charge in [-0.3, -0.25) is 14.4 Å². The van der Waals surface area contributed by atoms with Crippen LogP contribution < -0.4 is 15.4 Å². The molecule has 194 valence electrons. The minimum atomic E-state index is 0.0985. The Labute approximate surface area is 217 Å². The number of rotatable bonds is 6. The first-order valence-corrected chi connectivity index (χ1v) is 13.3. The molecule has 4 aliphatic heterocycles. The molecule has 5 heterocycles. The minimum Gasteiger partial charge on any atom is -0.495 e. The van der Waals surface area contributed by atoms with Crippen LogP contribution in [0.3, 0.4) is 0 Å². The summed E-state index contributed by atoms with van der Waals surface area (Å²) in [5, 5.41) is 8.75. The fourth-order valence-corrected chi connectivity index (χ4v) is 6.33. The van der Waals surface area contributed by atoms with Crippen LogP contribution in [0.2, 0.25) is 0 Å². The van der Waals surface area contributed by atoms with Crippen molar-refractivity contribution in [3.05, 3.63) is 54.7 Å². The Hall–Kier alpha value is -3.59.